The number of benzene rings is 1. The first-order valence-corrected chi connectivity index (χ1v) is 7.23. The molecule has 1 aromatic rings. The summed E-state index contributed by atoms with van der Waals surface area (Å²) in [5, 5.41) is 9.11. The summed E-state index contributed by atoms with van der Waals surface area (Å²) in [6.45, 7) is 4.57. The van der Waals surface area contributed by atoms with Gasteiger partial charge in [-0.1, -0.05) is 19.1 Å². The van der Waals surface area contributed by atoms with E-state index in [1.54, 1.807) is 18.2 Å². The number of hydrogen-bond donors (Lipinski definition) is 1. The van der Waals surface area contributed by atoms with Crippen LogP contribution in [0.15, 0.2) is 24.3 Å². The van der Waals surface area contributed by atoms with E-state index < -0.39 is 5.82 Å². The monoisotopic (exact) mass is 279 g/mol. The number of hydrogen-bond acceptors (Lipinski definition) is 3. The standard InChI is InChI=1S/C16H22FNO2/c1-12(10-18-8-6-13(11-19)7-9-18)16(20)14-4-2-3-5-15(14)17/h2-5,12-13,19H,6-11H2,1H3. The van der Waals surface area contributed by atoms with Crippen molar-refractivity contribution in [2.45, 2.75) is 19.8 Å². The Bertz CT molecular complexity index is 456. The van der Waals surface area contributed by atoms with Gasteiger partial charge in [0.15, 0.2) is 5.78 Å². The molecule has 0 aliphatic carbocycles. The number of piperidine rings is 1. The Hall–Kier alpha value is -1.26. The number of aliphatic hydroxyl groups is 1. The first-order valence-electron chi connectivity index (χ1n) is 7.23. The Morgan fingerprint density at radius 1 is 1.40 bits per heavy atom. The number of rotatable bonds is 5. The van der Waals surface area contributed by atoms with Gasteiger partial charge in [0.25, 0.3) is 0 Å². The van der Waals surface area contributed by atoms with E-state index in [4.69, 9.17) is 5.11 Å². The highest BCUT2D eigenvalue weighted by Crippen LogP contribution is 2.19. The SMILES string of the molecule is CC(CN1CCC(CO)CC1)C(=O)c1ccccc1F. The van der Waals surface area contributed by atoms with E-state index in [9.17, 15) is 9.18 Å². The maximum Gasteiger partial charge on any atom is 0.169 e. The zero-order chi connectivity index (χ0) is 14.5. The molecule has 1 fully saturated rings. The van der Waals surface area contributed by atoms with Gasteiger partial charge in [-0.05, 0) is 44.0 Å². The van der Waals surface area contributed by atoms with E-state index in [0.29, 0.717) is 12.5 Å². The smallest absolute Gasteiger partial charge is 0.169 e. The fourth-order valence-electron chi connectivity index (χ4n) is 2.75. The van der Waals surface area contributed by atoms with Crippen LogP contribution in [0.4, 0.5) is 4.39 Å². The highest BCUT2D eigenvalue weighted by Gasteiger charge is 2.24. The molecule has 110 valence electrons. The molecular weight excluding hydrogens is 257 g/mol. The minimum atomic E-state index is -0.441. The molecule has 4 heteroatoms. The van der Waals surface area contributed by atoms with E-state index in [-0.39, 0.29) is 23.9 Å². The van der Waals surface area contributed by atoms with Crippen LogP contribution in [0.1, 0.15) is 30.1 Å². The normalized spacial score (nSPS) is 18.9. The number of Topliss-reactive ketones (excluding diaryl/α,β-unsaturated/α-hetero) is 1. The van der Waals surface area contributed by atoms with Crippen LogP contribution in [0.5, 0.6) is 0 Å². The van der Waals surface area contributed by atoms with Gasteiger partial charge < -0.3 is 10.0 Å². The van der Waals surface area contributed by atoms with Crippen molar-refractivity contribution in [1.29, 1.82) is 0 Å². The molecule has 1 heterocycles. The molecule has 1 aromatic carbocycles. The Labute approximate surface area is 119 Å². The largest absolute Gasteiger partial charge is 0.396 e. The van der Waals surface area contributed by atoms with E-state index in [0.717, 1.165) is 25.9 Å². The summed E-state index contributed by atoms with van der Waals surface area (Å²) < 4.78 is 13.6. The van der Waals surface area contributed by atoms with Crippen LogP contribution >= 0.6 is 0 Å². The van der Waals surface area contributed by atoms with E-state index >= 15 is 0 Å². The quantitative estimate of drug-likeness (QED) is 0.841. The van der Waals surface area contributed by atoms with Crippen molar-refractivity contribution < 1.29 is 14.3 Å². The van der Waals surface area contributed by atoms with Crippen LogP contribution in [0.2, 0.25) is 0 Å². The van der Waals surface area contributed by atoms with Gasteiger partial charge in [-0.15, -0.1) is 0 Å². The second-order valence-corrected chi connectivity index (χ2v) is 5.67. The maximum atomic E-state index is 13.6. The maximum absolute atomic E-state index is 13.6. The molecule has 0 radical (unpaired) electrons. The summed E-state index contributed by atoms with van der Waals surface area (Å²) in [5.74, 6) is -0.392. The Kier molecular flexibility index (Phi) is 5.26. The van der Waals surface area contributed by atoms with Crippen molar-refractivity contribution >= 4 is 5.78 Å². The molecule has 1 aliphatic heterocycles. The molecular formula is C16H22FNO2. The lowest BCUT2D eigenvalue weighted by Gasteiger charge is -2.32. The Morgan fingerprint density at radius 2 is 2.05 bits per heavy atom. The molecule has 1 aliphatic rings. The predicted molar refractivity (Wildman–Crippen MR) is 76.1 cm³/mol. The van der Waals surface area contributed by atoms with Crippen LogP contribution in [0.25, 0.3) is 0 Å². The number of ketones is 1. The Balaban J connectivity index is 1.91. The van der Waals surface area contributed by atoms with Gasteiger partial charge >= 0.3 is 0 Å². The highest BCUT2D eigenvalue weighted by atomic mass is 19.1. The second-order valence-electron chi connectivity index (χ2n) is 5.67. The van der Waals surface area contributed by atoms with Crippen molar-refractivity contribution in [3.8, 4) is 0 Å². The fraction of sp³-hybridized carbons (Fsp3) is 0.562. The van der Waals surface area contributed by atoms with Crippen molar-refractivity contribution in [3.63, 3.8) is 0 Å². The molecule has 1 saturated heterocycles. The number of halogens is 1. The van der Waals surface area contributed by atoms with E-state index in [1.807, 2.05) is 6.92 Å². The molecule has 20 heavy (non-hydrogen) atoms. The number of carbonyl (C=O) groups excluding carboxylic acids is 1. The minimum absolute atomic E-state index is 0.132. The molecule has 1 atom stereocenters. The van der Waals surface area contributed by atoms with Gasteiger partial charge in [0.05, 0.1) is 5.56 Å². The Morgan fingerprint density at radius 3 is 2.65 bits per heavy atom. The third-order valence-electron chi connectivity index (χ3n) is 4.08. The molecule has 1 N–H and O–H groups in total. The van der Waals surface area contributed by atoms with Crippen LogP contribution in [-0.4, -0.2) is 42.0 Å². The fourth-order valence-corrected chi connectivity index (χ4v) is 2.75. The number of carbonyl (C=O) groups is 1. The third-order valence-corrected chi connectivity index (χ3v) is 4.08. The molecule has 1 unspecified atom stereocenters. The van der Waals surface area contributed by atoms with Gasteiger partial charge in [-0.3, -0.25) is 4.79 Å². The lowest BCUT2D eigenvalue weighted by Crippen LogP contribution is -2.39. The number of nitrogens with zero attached hydrogens (tertiary/aromatic N) is 1. The molecule has 0 spiro atoms. The van der Waals surface area contributed by atoms with Gasteiger partial charge in [-0.25, -0.2) is 4.39 Å². The summed E-state index contributed by atoms with van der Waals surface area (Å²) in [7, 11) is 0. The zero-order valence-corrected chi connectivity index (χ0v) is 11.9. The van der Waals surface area contributed by atoms with Gasteiger partial charge in [0.2, 0.25) is 0 Å². The van der Waals surface area contributed by atoms with Crippen molar-refractivity contribution in [2.75, 3.05) is 26.2 Å². The first-order chi connectivity index (χ1) is 9.61. The summed E-state index contributed by atoms with van der Waals surface area (Å²) >= 11 is 0. The summed E-state index contributed by atoms with van der Waals surface area (Å²) in [4.78, 5) is 14.5. The molecule has 0 saturated carbocycles. The average Bonchev–Trinajstić information content (AvgIpc) is 2.48. The van der Waals surface area contributed by atoms with Crippen LogP contribution in [-0.2, 0) is 0 Å². The van der Waals surface area contributed by atoms with Crippen molar-refractivity contribution in [3.05, 3.63) is 35.6 Å². The van der Waals surface area contributed by atoms with E-state index in [1.165, 1.54) is 6.07 Å². The van der Waals surface area contributed by atoms with Gasteiger partial charge in [0, 0.05) is 19.1 Å². The second kappa shape index (κ2) is 6.95. The molecule has 3 nitrogen and oxygen atoms in total. The predicted octanol–water partition coefficient (Wildman–Crippen LogP) is 2.35. The summed E-state index contributed by atoms with van der Waals surface area (Å²) in [6, 6.07) is 6.16. The van der Waals surface area contributed by atoms with Crippen LogP contribution in [0.3, 0.4) is 0 Å². The lowest BCUT2D eigenvalue weighted by atomic mass is 9.94. The van der Waals surface area contributed by atoms with Crippen molar-refractivity contribution in [1.82, 2.24) is 4.90 Å². The topological polar surface area (TPSA) is 40.5 Å². The number of aliphatic hydroxyl groups excluding tert-OH is 1. The first kappa shape index (κ1) is 15.1. The summed E-state index contributed by atoms with van der Waals surface area (Å²) in [5.41, 5.74) is 0.185. The molecule has 2 rings (SSSR count). The summed E-state index contributed by atoms with van der Waals surface area (Å²) in [6.07, 6.45) is 1.94. The van der Waals surface area contributed by atoms with Gasteiger partial charge in [-0.2, -0.15) is 0 Å². The third kappa shape index (κ3) is 3.64. The van der Waals surface area contributed by atoms with Crippen LogP contribution in [0, 0.1) is 17.7 Å². The lowest BCUT2D eigenvalue weighted by molar-refractivity contribution is 0.0838. The number of likely N-dealkylation sites (tertiary alicyclic amines) is 1. The highest BCUT2D eigenvalue weighted by molar-refractivity contribution is 5.98. The molecule has 0 aromatic heterocycles. The van der Waals surface area contributed by atoms with Crippen molar-refractivity contribution in [2.24, 2.45) is 11.8 Å². The zero-order valence-electron chi connectivity index (χ0n) is 11.9. The van der Waals surface area contributed by atoms with Gasteiger partial charge in [0.1, 0.15) is 5.82 Å². The van der Waals surface area contributed by atoms with E-state index in [2.05, 4.69) is 4.90 Å². The van der Waals surface area contributed by atoms with Crippen LogP contribution < -0.4 is 0 Å². The minimum Gasteiger partial charge on any atom is -0.396 e. The average molecular weight is 279 g/mol. The molecule has 0 bridgehead atoms. The molecule has 0 amide bonds.